The van der Waals surface area contributed by atoms with Crippen LogP contribution in [-0.4, -0.2) is 56.8 Å². The third kappa shape index (κ3) is 4.47. The van der Waals surface area contributed by atoms with E-state index in [0.29, 0.717) is 26.1 Å². The number of methoxy groups -OCH3 is 1. The van der Waals surface area contributed by atoms with E-state index in [1.807, 2.05) is 24.3 Å². The third-order valence-electron chi connectivity index (χ3n) is 4.75. The average Bonchev–Trinajstić information content (AvgIpc) is 3.29. The fourth-order valence-corrected chi connectivity index (χ4v) is 4.13. The molecule has 2 aromatic heterocycles. The Morgan fingerprint density at radius 1 is 1.41 bits per heavy atom. The van der Waals surface area contributed by atoms with E-state index in [1.54, 1.807) is 11.8 Å². The number of rotatable bonds is 7. The van der Waals surface area contributed by atoms with Crippen LogP contribution < -0.4 is 5.32 Å². The van der Waals surface area contributed by atoms with Gasteiger partial charge < -0.3 is 15.0 Å². The number of aromatic nitrogens is 4. The highest BCUT2D eigenvalue weighted by atomic mass is 32.1. The molecule has 1 fully saturated rings. The first-order valence-electron chi connectivity index (χ1n) is 9.14. The van der Waals surface area contributed by atoms with E-state index in [-0.39, 0.29) is 23.3 Å². The van der Waals surface area contributed by atoms with E-state index in [2.05, 4.69) is 40.5 Å². The van der Waals surface area contributed by atoms with Gasteiger partial charge in [-0.15, -0.1) is 0 Å². The zero-order valence-corrected chi connectivity index (χ0v) is 17.4. The van der Waals surface area contributed by atoms with Crippen molar-refractivity contribution in [3.8, 4) is 0 Å². The minimum atomic E-state index is -0.0745. The summed E-state index contributed by atoms with van der Waals surface area (Å²) in [4.78, 5) is 19.1. The summed E-state index contributed by atoms with van der Waals surface area (Å²) in [5.74, 6) is 1.13. The van der Waals surface area contributed by atoms with Crippen molar-refractivity contribution in [2.75, 3.05) is 32.1 Å². The van der Waals surface area contributed by atoms with Gasteiger partial charge in [0.1, 0.15) is 5.82 Å². The minimum absolute atomic E-state index is 0.0103. The fourth-order valence-electron chi connectivity index (χ4n) is 3.36. The van der Waals surface area contributed by atoms with Gasteiger partial charge in [0.05, 0.1) is 18.8 Å². The summed E-state index contributed by atoms with van der Waals surface area (Å²) in [6, 6.07) is -0.0103. The number of hydrogen-bond donors (Lipinski definition) is 1. The zero-order valence-electron chi connectivity index (χ0n) is 16.6. The van der Waals surface area contributed by atoms with Crippen LogP contribution >= 0.6 is 11.5 Å². The highest BCUT2D eigenvalue weighted by Crippen LogP contribution is 2.38. The number of nitrogens with one attached hydrogen (secondary N) is 1. The average molecular weight is 393 g/mol. The molecule has 0 saturated carbocycles. The second-order valence-electron chi connectivity index (χ2n) is 7.99. The molecule has 3 heterocycles. The summed E-state index contributed by atoms with van der Waals surface area (Å²) in [6.45, 7) is 8.06. The summed E-state index contributed by atoms with van der Waals surface area (Å²) in [6.07, 6.45) is 4.33. The van der Waals surface area contributed by atoms with E-state index in [1.165, 1.54) is 11.5 Å². The molecule has 0 unspecified atom stereocenters. The van der Waals surface area contributed by atoms with Gasteiger partial charge in [-0.3, -0.25) is 9.48 Å². The molecule has 3 rings (SSSR count). The van der Waals surface area contributed by atoms with E-state index in [9.17, 15) is 4.79 Å². The molecular formula is C18H28N6O2S. The van der Waals surface area contributed by atoms with Crippen LogP contribution in [0.25, 0.3) is 0 Å². The standard InChI is InChI=1S/C18H28N6O2S/c1-18(2,3)16-21-17(27-22-16)19-9-12-8-14(25)24(6-7-26-5)15(12)13-10-20-23(4)11-13/h10-12,15H,6-9H2,1-5H3,(H,19,21,22)/t12-,15+/m1/s1. The van der Waals surface area contributed by atoms with E-state index >= 15 is 0 Å². The number of likely N-dealkylation sites (tertiary alicyclic amines) is 1. The molecule has 1 aliphatic rings. The lowest BCUT2D eigenvalue weighted by atomic mass is 9.95. The van der Waals surface area contributed by atoms with Crippen LogP contribution in [0, 0.1) is 5.92 Å². The van der Waals surface area contributed by atoms with Crippen LogP contribution in [0.2, 0.25) is 0 Å². The molecule has 2 atom stereocenters. The molecule has 1 amide bonds. The van der Waals surface area contributed by atoms with Crippen molar-refractivity contribution in [1.82, 2.24) is 24.0 Å². The Hall–Kier alpha value is -2.00. The lowest BCUT2D eigenvalue weighted by Gasteiger charge is -2.27. The highest BCUT2D eigenvalue weighted by Gasteiger charge is 2.41. The number of anilines is 1. The third-order valence-corrected chi connectivity index (χ3v) is 5.43. The SMILES string of the molecule is COCCN1C(=O)C[C@H](CNc2nc(C(C)(C)C)ns2)[C@H]1c1cnn(C)c1. The first-order valence-corrected chi connectivity index (χ1v) is 9.92. The summed E-state index contributed by atoms with van der Waals surface area (Å²) >= 11 is 1.37. The Bertz CT molecular complexity index is 781. The quantitative estimate of drug-likeness (QED) is 0.778. The molecule has 0 bridgehead atoms. The number of nitrogens with zero attached hydrogens (tertiary/aromatic N) is 5. The van der Waals surface area contributed by atoms with E-state index in [0.717, 1.165) is 16.5 Å². The van der Waals surface area contributed by atoms with Gasteiger partial charge in [0, 0.05) is 68.3 Å². The Kier molecular flexibility index (Phi) is 5.81. The van der Waals surface area contributed by atoms with Crippen molar-refractivity contribution in [2.45, 2.75) is 38.6 Å². The molecular weight excluding hydrogens is 364 g/mol. The molecule has 27 heavy (non-hydrogen) atoms. The molecule has 2 aromatic rings. The van der Waals surface area contributed by atoms with Crippen molar-refractivity contribution < 1.29 is 9.53 Å². The highest BCUT2D eigenvalue weighted by molar-refractivity contribution is 7.09. The summed E-state index contributed by atoms with van der Waals surface area (Å²) in [5.41, 5.74) is 0.980. The van der Waals surface area contributed by atoms with Crippen molar-refractivity contribution in [1.29, 1.82) is 0 Å². The Balaban J connectivity index is 1.74. The number of amides is 1. The number of ether oxygens (including phenoxy) is 1. The lowest BCUT2D eigenvalue weighted by Crippen LogP contribution is -2.33. The Morgan fingerprint density at radius 2 is 2.19 bits per heavy atom. The van der Waals surface area contributed by atoms with Gasteiger partial charge in [-0.25, -0.2) is 4.98 Å². The molecule has 0 aliphatic carbocycles. The van der Waals surface area contributed by atoms with Gasteiger partial charge in [-0.1, -0.05) is 20.8 Å². The number of carbonyl (C=O) groups is 1. The maximum atomic E-state index is 12.6. The topological polar surface area (TPSA) is 85.2 Å². The first-order chi connectivity index (χ1) is 12.8. The van der Waals surface area contributed by atoms with Crippen LogP contribution in [0.5, 0.6) is 0 Å². The van der Waals surface area contributed by atoms with Crippen molar-refractivity contribution in [2.24, 2.45) is 13.0 Å². The molecule has 9 heteroatoms. The normalized spacial score (nSPS) is 20.5. The fraction of sp³-hybridized carbons (Fsp3) is 0.667. The number of carbonyl (C=O) groups excluding carboxylic acids is 1. The monoisotopic (exact) mass is 392 g/mol. The summed E-state index contributed by atoms with van der Waals surface area (Å²) in [7, 11) is 3.54. The van der Waals surface area contributed by atoms with Gasteiger partial charge >= 0.3 is 0 Å². The minimum Gasteiger partial charge on any atom is -0.383 e. The molecule has 8 nitrogen and oxygen atoms in total. The van der Waals surface area contributed by atoms with E-state index < -0.39 is 0 Å². The maximum absolute atomic E-state index is 12.6. The number of aryl methyl sites for hydroxylation is 1. The summed E-state index contributed by atoms with van der Waals surface area (Å²) < 4.78 is 11.4. The molecule has 1 saturated heterocycles. The van der Waals surface area contributed by atoms with Crippen LogP contribution in [0.1, 0.15) is 44.6 Å². The summed E-state index contributed by atoms with van der Waals surface area (Å²) in [5, 5.41) is 8.48. The molecule has 0 spiro atoms. The smallest absolute Gasteiger partial charge is 0.223 e. The Morgan fingerprint density at radius 3 is 2.78 bits per heavy atom. The molecule has 148 valence electrons. The zero-order chi connectivity index (χ0) is 19.6. The largest absolute Gasteiger partial charge is 0.383 e. The predicted octanol–water partition coefficient (Wildman–Crippen LogP) is 2.22. The van der Waals surface area contributed by atoms with Gasteiger partial charge in [0.25, 0.3) is 0 Å². The predicted molar refractivity (Wildman–Crippen MR) is 105 cm³/mol. The first kappa shape index (κ1) is 19.8. The van der Waals surface area contributed by atoms with Crippen LogP contribution in [0.3, 0.4) is 0 Å². The van der Waals surface area contributed by atoms with Crippen molar-refractivity contribution in [3.05, 3.63) is 23.8 Å². The number of hydrogen-bond acceptors (Lipinski definition) is 7. The van der Waals surface area contributed by atoms with Gasteiger partial charge in [-0.2, -0.15) is 9.47 Å². The molecule has 1 aliphatic heterocycles. The maximum Gasteiger partial charge on any atom is 0.223 e. The van der Waals surface area contributed by atoms with Crippen molar-refractivity contribution in [3.63, 3.8) is 0 Å². The molecule has 0 aromatic carbocycles. The van der Waals surface area contributed by atoms with Gasteiger partial charge in [0.15, 0.2) is 0 Å². The van der Waals surface area contributed by atoms with Crippen LogP contribution in [0.4, 0.5) is 5.13 Å². The Labute approximate surface area is 164 Å². The van der Waals surface area contributed by atoms with Crippen molar-refractivity contribution >= 4 is 22.6 Å². The van der Waals surface area contributed by atoms with Crippen LogP contribution in [-0.2, 0) is 22.0 Å². The van der Waals surface area contributed by atoms with Gasteiger partial charge in [0.2, 0.25) is 11.0 Å². The lowest BCUT2D eigenvalue weighted by molar-refractivity contribution is -0.129. The molecule has 0 radical (unpaired) electrons. The van der Waals surface area contributed by atoms with Crippen LogP contribution in [0.15, 0.2) is 12.4 Å². The van der Waals surface area contributed by atoms with Gasteiger partial charge in [-0.05, 0) is 0 Å². The molecule has 1 N–H and O–H groups in total. The second-order valence-corrected chi connectivity index (χ2v) is 8.74. The second kappa shape index (κ2) is 7.93. The van der Waals surface area contributed by atoms with E-state index in [4.69, 9.17) is 4.74 Å².